The van der Waals surface area contributed by atoms with E-state index in [4.69, 9.17) is 9.79 Å². The van der Waals surface area contributed by atoms with Crippen LogP contribution in [0, 0.1) is 0 Å². The zero-order valence-corrected chi connectivity index (χ0v) is 11.3. The van der Waals surface area contributed by atoms with Gasteiger partial charge >= 0.3 is 0 Å². The lowest BCUT2D eigenvalue weighted by molar-refractivity contribution is -0.171. The Morgan fingerprint density at radius 3 is 1.07 bits per heavy atom. The van der Waals surface area contributed by atoms with E-state index in [1.54, 1.807) is 0 Å². The first-order valence-corrected chi connectivity index (χ1v) is 10.7. The molecule has 0 aliphatic carbocycles. The van der Waals surface area contributed by atoms with Crippen molar-refractivity contribution in [3.8, 4) is 0 Å². The fourth-order valence-electron chi connectivity index (χ4n) is 0.487. The van der Waals surface area contributed by atoms with Gasteiger partial charge in [-0.2, -0.15) is 0 Å². The molecule has 9 heteroatoms. The maximum absolute atomic E-state index is 10.5. The molecule has 0 amide bonds. The largest absolute Gasteiger partial charge is 0.800 e. The molecular weight excluding hydrogens is 249 g/mol. The molecule has 0 saturated heterocycles. The monoisotopic (exact) mass is 265 g/mol. The molecule has 2 atom stereocenters. The fraction of sp³-hybridized carbons (Fsp3) is 1.00. The van der Waals surface area contributed by atoms with Gasteiger partial charge in [0, 0.05) is 20.7 Å². The van der Waals surface area contributed by atoms with Crippen molar-refractivity contribution in [2.24, 2.45) is 0 Å². The SMILES string of the molecule is CP(=O)(O)CP(C)(=O)O.CP(C)(=O)[O-]. The van der Waals surface area contributed by atoms with Gasteiger partial charge in [-0.1, -0.05) is 0 Å². The van der Waals surface area contributed by atoms with Crippen molar-refractivity contribution < 1.29 is 28.4 Å². The van der Waals surface area contributed by atoms with Crippen LogP contribution >= 0.6 is 22.1 Å². The van der Waals surface area contributed by atoms with E-state index >= 15 is 0 Å². The van der Waals surface area contributed by atoms with Crippen LogP contribution in [0.4, 0.5) is 0 Å². The van der Waals surface area contributed by atoms with Crippen molar-refractivity contribution >= 4 is 22.1 Å². The number of rotatable bonds is 2. The van der Waals surface area contributed by atoms with E-state index in [2.05, 4.69) is 0 Å². The zero-order chi connectivity index (χ0) is 12.2. The molecule has 0 aromatic carbocycles. The Morgan fingerprint density at radius 2 is 1.07 bits per heavy atom. The van der Waals surface area contributed by atoms with Crippen molar-refractivity contribution in [2.45, 2.75) is 0 Å². The summed E-state index contributed by atoms with van der Waals surface area (Å²) in [5.74, 6) is -0.486. The molecular formula is C5H16O6P3-. The van der Waals surface area contributed by atoms with Gasteiger partial charge in [0.15, 0.2) is 0 Å². The van der Waals surface area contributed by atoms with Gasteiger partial charge in [0.1, 0.15) is 5.90 Å². The van der Waals surface area contributed by atoms with Crippen LogP contribution < -0.4 is 4.89 Å². The van der Waals surface area contributed by atoms with E-state index in [1.807, 2.05) is 0 Å². The van der Waals surface area contributed by atoms with Gasteiger partial charge in [0.05, 0.1) is 0 Å². The quantitative estimate of drug-likeness (QED) is 0.707. The molecule has 0 aliphatic heterocycles. The van der Waals surface area contributed by atoms with Crippen molar-refractivity contribution in [2.75, 3.05) is 32.6 Å². The molecule has 0 fully saturated rings. The summed E-state index contributed by atoms with van der Waals surface area (Å²) in [6.45, 7) is 4.51. The summed E-state index contributed by atoms with van der Waals surface area (Å²) in [5.41, 5.74) is 0. The van der Waals surface area contributed by atoms with Gasteiger partial charge in [-0.05, 0) is 13.3 Å². The minimum absolute atomic E-state index is 0.486. The van der Waals surface area contributed by atoms with Crippen molar-refractivity contribution in [1.82, 2.24) is 0 Å². The Morgan fingerprint density at radius 1 is 0.929 bits per heavy atom. The van der Waals surface area contributed by atoms with Gasteiger partial charge in [0.2, 0.25) is 14.7 Å². The summed E-state index contributed by atoms with van der Waals surface area (Å²) in [4.78, 5) is 26.8. The van der Waals surface area contributed by atoms with Crippen LogP contribution in [0.5, 0.6) is 0 Å². The van der Waals surface area contributed by atoms with Crippen LogP contribution in [0.1, 0.15) is 0 Å². The lowest BCUT2D eigenvalue weighted by atomic mass is 11.9. The van der Waals surface area contributed by atoms with E-state index in [9.17, 15) is 18.6 Å². The smallest absolute Gasteiger partial charge is 0.207 e. The lowest BCUT2D eigenvalue weighted by Gasteiger charge is -2.06. The topological polar surface area (TPSA) is 115 Å². The van der Waals surface area contributed by atoms with Crippen LogP contribution in [0.3, 0.4) is 0 Å². The van der Waals surface area contributed by atoms with Gasteiger partial charge in [0.25, 0.3) is 0 Å². The summed E-state index contributed by atoms with van der Waals surface area (Å²) < 4.78 is 30.6. The Kier molecular flexibility index (Phi) is 6.79. The molecule has 2 unspecified atom stereocenters. The third kappa shape index (κ3) is 39.0. The Hall–Kier alpha value is 0.570. The summed E-state index contributed by atoms with van der Waals surface area (Å²) >= 11 is 0. The minimum atomic E-state index is -3.30. The van der Waals surface area contributed by atoms with Gasteiger partial charge < -0.3 is 19.2 Å². The van der Waals surface area contributed by atoms with Gasteiger partial charge in [-0.25, -0.2) is 0 Å². The Balaban J connectivity index is 0. The maximum Gasteiger partial charge on any atom is 0.207 e. The molecule has 0 aromatic rings. The van der Waals surface area contributed by atoms with Crippen molar-refractivity contribution in [1.29, 1.82) is 0 Å². The fourth-order valence-corrected chi connectivity index (χ4v) is 4.38. The summed E-state index contributed by atoms with van der Waals surface area (Å²) in [7, 11) is -9.49. The summed E-state index contributed by atoms with van der Waals surface area (Å²) in [5, 5.41) is 0. The molecule has 0 radical (unpaired) electrons. The highest BCUT2D eigenvalue weighted by atomic mass is 31.2. The second-order valence-corrected chi connectivity index (χ2v) is 11.3. The van der Waals surface area contributed by atoms with Crippen LogP contribution in [-0.4, -0.2) is 42.3 Å². The Bertz CT molecular complexity index is 264. The zero-order valence-electron chi connectivity index (χ0n) is 8.58. The predicted molar refractivity (Wildman–Crippen MR) is 55.8 cm³/mol. The number of hydrogen-bond acceptors (Lipinski definition) is 4. The Labute approximate surface area is 83.7 Å². The van der Waals surface area contributed by atoms with Crippen molar-refractivity contribution in [3.05, 3.63) is 0 Å². The lowest BCUT2D eigenvalue weighted by Crippen LogP contribution is -1.93. The van der Waals surface area contributed by atoms with Crippen LogP contribution in [0.25, 0.3) is 0 Å². The molecule has 6 nitrogen and oxygen atoms in total. The van der Waals surface area contributed by atoms with Crippen molar-refractivity contribution in [3.63, 3.8) is 0 Å². The first kappa shape index (κ1) is 17.0. The van der Waals surface area contributed by atoms with Gasteiger partial charge in [-0.15, -0.1) is 0 Å². The van der Waals surface area contributed by atoms with E-state index < -0.39 is 28.0 Å². The third-order valence-electron chi connectivity index (χ3n) is 0.525. The summed E-state index contributed by atoms with van der Waals surface area (Å²) in [6.07, 6.45) is 0. The summed E-state index contributed by atoms with van der Waals surface area (Å²) in [6, 6.07) is 0. The highest BCUT2D eigenvalue weighted by molar-refractivity contribution is 7.74. The second kappa shape index (κ2) is 5.60. The van der Waals surface area contributed by atoms with Gasteiger partial charge in [-0.3, -0.25) is 9.13 Å². The van der Waals surface area contributed by atoms with E-state index in [-0.39, 0.29) is 0 Å². The van der Waals surface area contributed by atoms with E-state index in [0.717, 1.165) is 13.3 Å². The van der Waals surface area contributed by atoms with E-state index in [1.165, 1.54) is 13.3 Å². The minimum Gasteiger partial charge on any atom is -0.800 e. The predicted octanol–water partition coefficient (Wildman–Crippen LogP) is 0.629. The molecule has 88 valence electrons. The molecule has 0 saturated carbocycles. The third-order valence-corrected chi connectivity index (χ3v) is 4.72. The molecule has 0 bridgehead atoms. The molecule has 0 rings (SSSR count). The molecule has 0 heterocycles. The standard InChI is InChI=1S/C3H10O4P2.C2H7O2P/c1-8(4,5)3-9(2,6)7;1-5(2,3)4/h3H2,1-2H3,(H,4,5)(H,6,7);1-2H3,(H,3,4)/p-1. The average molecular weight is 265 g/mol. The number of hydrogen-bond donors (Lipinski definition) is 2. The first-order chi connectivity index (χ1) is 5.71. The normalized spacial score (nSPS) is 19.9. The van der Waals surface area contributed by atoms with Crippen LogP contribution in [0.15, 0.2) is 0 Å². The average Bonchev–Trinajstić information content (AvgIpc) is 1.42. The van der Waals surface area contributed by atoms with E-state index in [0.29, 0.717) is 0 Å². The van der Waals surface area contributed by atoms with Crippen LogP contribution in [-0.2, 0) is 13.7 Å². The molecule has 0 aliphatic rings. The maximum atomic E-state index is 10.5. The van der Waals surface area contributed by atoms with Crippen LogP contribution in [0.2, 0.25) is 0 Å². The molecule has 0 aromatic heterocycles. The molecule has 0 spiro atoms. The molecule has 14 heavy (non-hydrogen) atoms. The highest BCUT2D eigenvalue weighted by Crippen LogP contribution is 2.52. The highest BCUT2D eigenvalue weighted by Gasteiger charge is 2.21. The first-order valence-electron chi connectivity index (χ1n) is 3.55. The second-order valence-electron chi connectivity index (χ2n) is 3.50. The molecule has 2 N–H and O–H groups in total.